The topological polar surface area (TPSA) is 41.5 Å². The lowest BCUT2D eigenvalue weighted by Gasteiger charge is -2.08. The van der Waals surface area contributed by atoms with E-state index in [1.165, 1.54) is 11.1 Å². The summed E-state index contributed by atoms with van der Waals surface area (Å²) in [4.78, 5) is 16.3. The molecule has 2 rings (SSSR count). The molecule has 0 saturated heterocycles. The van der Waals surface area contributed by atoms with Gasteiger partial charge in [-0.25, -0.2) is 0 Å². The van der Waals surface area contributed by atoms with Crippen LogP contribution in [-0.4, -0.2) is 18.7 Å². The van der Waals surface area contributed by atoms with Gasteiger partial charge in [-0.1, -0.05) is 48.0 Å². The number of hydrogen-bond donors (Lipinski definition) is 1. The van der Waals surface area contributed by atoms with Crippen LogP contribution in [0, 0.1) is 6.92 Å². The maximum absolute atomic E-state index is 12.1. The van der Waals surface area contributed by atoms with Crippen LogP contribution in [0.1, 0.15) is 17.5 Å². The third kappa shape index (κ3) is 4.88. The number of nitrogens with one attached hydrogen (secondary N) is 1. The lowest BCUT2D eigenvalue weighted by molar-refractivity contribution is -0.115. The second-order valence-corrected chi connectivity index (χ2v) is 5.04. The van der Waals surface area contributed by atoms with Gasteiger partial charge in [0, 0.05) is 24.9 Å². The van der Waals surface area contributed by atoms with Crippen LogP contribution < -0.4 is 5.32 Å². The van der Waals surface area contributed by atoms with Crippen molar-refractivity contribution in [3.05, 3.63) is 65.7 Å². The molecule has 2 aromatic carbocycles. The molecule has 0 heterocycles. The van der Waals surface area contributed by atoms with Crippen LogP contribution in [0.4, 0.5) is 5.69 Å². The summed E-state index contributed by atoms with van der Waals surface area (Å²) in [5.74, 6) is -0.0321. The number of rotatable bonds is 5. The van der Waals surface area contributed by atoms with E-state index in [0.717, 1.165) is 11.4 Å². The van der Waals surface area contributed by atoms with Gasteiger partial charge in [0.1, 0.15) is 0 Å². The molecule has 0 saturated carbocycles. The minimum Gasteiger partial charge on any atom is -0.326 e. The molecule has 0 aliphatic carbocycles. The van der Waals surface area contributed by atoms with Gasteiger partial charge in [-0.2, -0.15) is 0 Å². The Morgan fingerprint density at radius 3 is 2.33 bits per heavy atom. The van der Waals surface area contributed by atoms with E-state index >= 15 is 0 Å². The summed E-state index contributed by atoms with van der Waals surface area (Å²) in [6.07, 6.45) is 1.03. The van der Waals surface area contributed by atoms with Crippen LogP contribution in [0.2, 0.25) is 0 Å². The first kappa shape index (κ1) is 15.0. The monoisotopic (exact) mass is 280 g/mol. The Hall–Kier alpha value is -2.42. The fourth-order valence-corrected chi connectivity index (χ4v) is 2.08. The van der Waals surface area contributed by atoms with Crippen molar-refractivity contribution >= 4 is 17.3 Å². The number of aryl methyl sites for hydroxylation is 1. The van der Waals surface area contributed by atoms with Crippen molar-refractivity contribution in [1.82, 2.24) is 0 Å². The molecule has 3 nitrogen and oxygen atoms in total. The summed E-state index contributed by atoms with van der Waals surface area (Å²) in [6, 6.07) is 17.8. The number of nitrogens with zero attached hydrogens (tertiary/aromatic N) is 1. The lowest BCUT2D eigenvalue weighted by Crippen LogP contribution is -2.18. The van der Waals surface area contributed by atoms with Gasteiger partial charge in [0.2, 0.25) is 5.91 Å². The molecular formula is C18H20N2O. The molecule has 3 heteroatoms. The maximum Gasteiger partial charge on any atom is 0.230 e. The van der Waals surface area contributed by atoms with Crippen molar-refractivity contribution in [2.24, 2.45) is 4.99 Å². The first-order valence-electron chi connectivity index (χ1n) is 7.02. The number of anilines is 1. The lowest BCUT2D eigenvalue weighted by atomic mass is 10.1. The van der Waals surface area contributed by atoms with E-state index < -0.39 is 0 Å². The smallest absolute Gasteiger partial charge is 0.230 e. The van der Waals surface area contributed by atoms with Gasteiger partial charge in [-0.05, 0) is 24.6 Å². The third-order valence-corrected chi connectivity index (χ3v) is 3.27. The van der Waals surface area contributed by atoms with Crippen LogP contribution >= 0.6 is 0 Å². The first-order valence-corrected chi connectivity index (χ1v) is 7.02. The van der Waals surface area contributed by atoms with Crippen LogP contribution in [-0.2, 0) is 11.2 Å². The van der Waals surface area contributed by atoms with Gasteiger partial charge in [-0.15, -0.1) is 0 Å². The Morgan fingerprint density at radius 2 is 1.71 bits per heavy atom. The highest BCUT2D eigenvalue weighted by molar-refractivity contribution is 6.07. The zero-order chi connectivity index (χ0) is 15.1. The van der Waals surface area contributed by atoms with Gasteiger partial charge in [0.25, 0.3) is 0 Å². The van der Waals surface area contributed by atoms with Crippen LogP contribution in [0.15, 0.2) is 59.6 Å². The second-order valence-electron chi connectivity index (χ2n) is 5.04. The molecule has 0 bridgehead atoms. The van der Waals surface area contributed by atoms with Crippen molar-refractivity contribution in [3.63, 3.8) is 0 Å². The van der Waals surface area contributed by atoms with Crippen LogP contribution in [0.25, 0.3) is 0 Å². The molecule has 0 radical (unpaired) electrons. The summed E-state index contributed by atoms with van der Waals surface area (Å²) in [5, 5.41) is 2.90. The number of carbonyl (C=O) groups excluding carboxylic acids is 1. The normalized spacial score (nSPS) is 11.2. The molecule has 0 aliphatic rings. The average molecular weight is 280 g/mol. The molecule has 0 fully saturated rings. The summed E-state index contributed by atoms with van der Waals surface area (Å²) < 4.78 is 0. The summed E-state index contributed by atoms with van der Waals surface area (Å²) in [6.45, 7) is 2.02. The molecule has 21 heavy (non-hydrogen) atoms. The summed E-state index contributed by atoms with van der Waals surface area (Å²) in [5.41, 5.74) is 4.04. The van der Waals surface area contributed by atoms with Crippen molar-refractivity contribution < 1.29 is 4.79 Å². The summed E-state index contributed by atoms with van der Waals surface area (Å²) in [7, 11) is 1.73. The quantitative estimate of drug-likeness (QED) is 0.835. The minimum atomic E-state index is -0.0321. The zero-order valence-corrected chi connectivity index (χ0v) is 12.5. The van der Waals surface area contributed by atoms with Crippen molar-refractivity contribution in [2.45, 2.75) is 19.8 Å². The highest BCUT2D eigenvalue weighted by Crippen LogP contribution is 2.10. The fourth-order valence-electron chi connectivity index (χ4n) is 2.08. The Labute approximate surface area is 125 Å². The van der Waals surface area contributed by atoms with Crippen LogP contribution in [0.3, 0.4) is 0 Å². The number of hydrogen-bond acceptors (Lipinski definition) is 2. The molecule has 0 atom stereocenters. The standard InChI is InChI=1S/C18H20N2O/c1-14-8-10-16(11-9-14)20-18(21)13-17(19-2)12-15-6-4-3-5-7-15/h3-11H,12-13H2,1-2H3,(H,20,21). The SMILES string of the molecule is CN=C(CC(=O)Nc1ccc(C)cc1)Cc1ccccc1. The molecule has 1 N–H and O–H groups in total. The number of benzene rings is 2. The molecular weight excluding hydrogens is 260 g/mol. The minimum absolute atomic E-state index is 0.0321. The molecule has 0 unspecified atom stereocenters. The molecule has 1 amide bonds. The van der Waals surface area contributed by atoms with E-state index in [4.69, 9.17) is 0 Å². The number of amides is 1. The van der Waals surface area contributed by atoms with Gasteiger partial charge >= 0.3 is 0 Å². The molecule has 108 valence electrons. The van der Waals surface area contributed by atoms with Gasteiger partial charge in [0.15, 0.2) is 0 Å². The number of carbonyl (C=O) groups is 1. The van der Waals surface area contributed by atoms with Gasteiger partial charge in [0.05, 0.1) is 6.42 Å². The Morgan fingerprint density at radius 1 is 1.05 bits per heavy atom. The second kappa shape index (κ2) is 7.39. The Bertz CT molecular complexity index is 615. The highest BCUT2D eigenvalue weighted by Gasteiger charge is 2.08. The van der Waals surface area contributed by atoms with E-state index in [-0.39, 0.29) is 5.91 Å². The summed E-state index contributed by atoms with van der Waals surface area (Å²) >= 11 is 0. The first-order chi connectivity index (χ1) is 10.2. The van der Waals surface area contributed by atoms with E-state index in [9.17, 15) is 4.79 Å². The Balaban J connectivity index is 1.92. The Kier molecular flexibility index (Phi) is 5.27. The number of aliphatic imine (C=N–C) groups is 1. The van der Waals surface area contributed by atoms with Crippen molar-refractivity contribution in [2.75, 3.05) is 12.4 Å². The average Bonchev–Trinajstić information content (AvgIpc) is 2.50. The fraction of sp³-hybridized carbons (Fsp3) is 0.222. The molecule has 2 aromatic rings. The predicted octanol–water partition coefficient (Wildman–Crippen LogP) is 3.64. The highest BCUT2D eigenvalue weighted by atomic mass is 16.1. The molecule has 0 aromatic heterocycles. The van der Waals surface area contributed by atoms with E-state index in [2.05, 4.69) is 10.3 Å². The molecule has 0 spiro atoms. The molecule has 0 aliphatic heterocycles. The van der Waals surface area contributed by atoms with Gasteiger partial charge in [-0.3, -0.25) is 9.79 Å². The third-order valence-electron chi connectivity index (χ3n) is 3.27. The van der Waals surface area contributed by atoms with Crippen molar-refractivity contribution in [3.8, 4) is 0 Å². The van der Waals surface area contributed by atoms with Crippen molar-refractivity contribution in [1.29, 1.82) is 0 Å². The zero-order valence-electron chi connectivity index (χ0n) is 12.5. The largest absolute Gasteiger partial charge is 0.326 e. The van der Waals surface area contributed by atoms with Gasteiger partial charge < -0.3 is 5.32 Å². The van der Waals surface area contributed by atoms with E-state index in [1.807, 2.05) is 61.5 Å². The van der Waals surface area contributed by atoms with Crippen LogP contribution in [0.5, 0.6) is 0 Å². The predicted molar refractivity (Wildman–Crippen MR) is 87.9 cm³/mol. The maximum atomic E-state index is 12.1. The van der Waals surface area contributed by atoms with E-state index in [0.29, 0.717) is 12.8 Å². The van der Waals surface area contributed by atoms with E-state index in [1.54, 1.807) is 7.05 Å².